The van der Waals surface area contributed by atoms with Gasteiger partial charge in [-0.25, -0.2) is 0 Å². The maximum Gasteiger partial charge on any atom is 0.416 e. The van der Waals surface area contributed by atoms with E-state index in [0.29, 0.717) is 33.6 Å². The molecule has 6 heteroatoms. The molecule has 0 saturated heterocycles. The predicted octanol–water partition coefficient (Wildman–Crippen LogP) is 15.9. The summed E-state index contributed by atoms with van der Waals surface area (Å²) in [6.45, 7) is 28.1. The van der Waals surface area contributed by atoms with Gasteiger partial charge in [-0.3, -0.25) is 0 Å². The van der Waals surface area contributed by atoms with E-state index in [1.165, 1.54) is 34.4 Å². The van der Waals surface area contributed by atoms with Gasteiger partial charge in [0.05, 0.1) is 39.0 Å². The zero-order valence-corrected chi connectivity index (χ0v) is 37.8. The highest BCUT2D eigenvalue weighted by Gasteiger charge is 2.32. The van der Waals surface area contributed by atoms with Gasteiger partial charge in [0.25, 0.3) is 0 Å². The Morgan fingerprint density at radius 1 is 0.410 bits per heavy atom. The van der Waals surface area contributed by atoms with Gasteiger partial charge in [0.1, 0.15) is 11.6 Å². The Morgan fingerprint density at radius 2 is 0.721 bits per heavy atom. The van der Waals surface area contributed by atoms with Crippen LogP contribution >= 0.6 is 0 Å². The minimum absolute atomic E-state index is 0.118. The first-order chi connectivity index (χ1) is 28.3. The summed E-state index contributed by atoms with van der Waals surface area (Å²) in [4.78, 5) is 0. The maximum absolute atomic E-state index is 14.5. The molecule has 8 aromatic rings. The second-order valence-electron chi connectivity index (χ2n) is 21.2. The minimum Gasteiger partial charge on any atom is -0.308 e. The normalized spacial score (nSPS) is 13.2. The number of hydrogen-bond acceptors (Lipinski definition) is 1. The van der Waals surface area contributed by atoms with E-state index in [2.05, 4.69) is 171 Å². The first-order valence-electron chi connectivity index (χ1n) is 21.2. The van der Waals surface area contributed by atoms with Crippen LogP contribution < -0.4 is 0 Å². The van der Waals surface area contributed by atoms with Crippen molar-refractivity contribution in [2.24, 2.45) is 0 Å². The van der Waals surface area contributed by atoms with Crippen molar-refractivity contribution in [3.63, 3.8) is 0 Å². The number of benzene rings is 6. The molecule has 0 aliphatic rings. The summed E-state index contributed by atoms with van der Waals surface area (Å²) >= 11 is 0. The van der Waals surface area contributed by atoms with Gasteiger partial charge in [0.15, 0.2) is 0 Å². The summed E-state index contributed by atoms with van der Waals surface area (Å²) in [6.07, 6.45) is -4.54. The van der Waals surface area contributed by atoms with Crippen LogP contribution in [0.4, 0.5) is 13.2 Å². The van der Waals surface area contributed by atoms with E-state index in [0.717, 1.165) is 43.6 Å². The Balaban J connectivity index is 1.57. The van der Waals surface area contributed by atoms with Crippen LogP contribution in [0, 0.1) is 18.3 Å². The van der Waals surface area contributed by atoms with Gasteiger partial charge in [-0.15, -0.1) is 0 Å². The van der Waals surface area contributed by atoms with Crippen molar-refractivity contribution in [3.8, 4) is 28.6 Å². The number of hydrogen-bond donors (Lipinski definition) is 0. The monoisotopic (exact) mass is 815 g/mol. The first-order valence-corrected chi connectivity index (χ1v) is 21.2. The van der Waals surface area contributed by atoms with Gasteiger partial charge in [-0.1, -0.05) is 113 Å². The molecule has 0 amide bonds. The average molecular weight is 816 g/mol. The molecule has 2 aromatic heterocycles. The van der Waals surface area contributed by atoms with Crippen molar-refractivity contribution >= 4 is 43.6 Å². The molecule has 0 unspecified atom stereocenters. The Hall–Kier alpha value is -5.80. The molecule has 0 radical (unpaired) electrons. The van der Waals surface area contributed by atoms with E-state index in [1.54, 1.807) is 13.0 Å². The second-order valence-corrected chi connectivity index (χ2v) is 21.2. The number of rotatable bonds is 3. The van der Waals surface area contributed by atoms with Gasteiger partial charge in [-0.05, 0) is 140 Å². The SMILES string of the molecule is Cc1cc(-c2cc(-n3c4ccc(C(C)(C)C)cc4c4cc(C(C)(C)C)ccc43)c(C#N)c(-n3c4ccc(C(C)(C)C)cc4c4cc(C(C)(C)C)ccc43)c2)cc(C(F)(F)F)c1. The van der Waals surface area contributed by atoms with Crippen LogP contribution in [-0.4, -0.2) is 9.13 Å². The number of halogens is 3. The number of aromatic nitrogens is 2. The van der Waals surface area contributed by atoms with E-state index >= 15 is 0 Å². The minimum atomic E-state index is -4.54. The third kappa shape index (κ3) is 7.30. The molecule has 0 atom stereocenters. The topological polar surface area (TPSA) is 33.6 Å². The molecule has 61 heavy (non-hydrogen) atoms. The summed E-state index contributed by atoms with van der Waals surface area (Å²) in [7, 11) is 0. The van der Waals surface area contributed by atoms with E-state index in [9.17, 15) is 18.4 Å². The molecule has 6 aromatic carbocycles. The molecule has 2 heterocycles. The highest BCUT2D eigenvalue weighted by Crippen LogP contribution is 2.44. The average Bonchev–Trinajstić information content (AvgIpc) is 3.66. The Labute approximate surface area is 358 Å². The van der Waals surface area contributed by atoms with Crippen LogP contribution in [-0.2, 0) is 27.8 Å². The quantitative estimate of drug-likeness (QED) is 0.175. The third-order valence-corrected chi connectivity index (χ3v) is 12.4. The van der Waals surface area contributed by atoms with Crippen molar-refractivity contribution < 1.29 is 13.2 Å². The van der Waals surface area contributed by atoms with Crippen molar-refractivity contribution in [1.29, 1.82) is 5.26 Å². The molecule has 0 fully saturated rings. The van der Waals surface area contributed by atoms with Gasteiger partial charge in [-0.2, -0.15) is 18.4 Å². The fourth-order valence-corrected chi connectivity index (χ4v) is 8.79. The van der Waals surface area contributed by atoms with E-state index < -0.39 is 11.7 Å². The smallest absolute Gasteiger partial charge is 0.308 e. The lowest BCUT2D eigenvalue weighted by molar-refractivity contribution is -0.137. The van der Waals surface area contributed by atoms with Gasteiger partial charge < -0.3 is 9.13 Å². The lowest BCUT2D eigenvalue weighted by Gasteiger charge is -2.21. The van der Waals surface area contributed by atoms with Crippen LogP contribution in [0.25, 0.3) is 66.1 Å². The fourth-order valence-electron chi connectivity index (χ4n) is 8.79. The van der Waals surface area contributed by atoms with Crippen molar-refractivity contribution in [1.82, 2.24) is 9.13 Å². The van der Waals surface area contributed by atoms with Gasteiger partial charge in [0, 0.05) is 21.5 Å². The molecule has 3 nitrogen and oxygen atoms in total. The number of nitrogens with zero attached hydrogens (tertiary/aromatic N) is 3. The summed E-state index contributed by atoms with van der Waals surface area (Å²) in [6, 6.07) is 36.9. The van der Waals surface area contributed by atoms with Crippen LogP contribution in [0.3, 0.4) is 0 Å². The first kappa shape index (κ1) is 41.9. The molecule has 8 rings (SSSR count). The van der Waals surface area contributed by atoms with Crippen molar-refractivity contribution in [2.75, 3.05) is 0 Å². The number of fused-ring (bicyclic) bond motifs is 6. The maximum atomic E-state index is 14.5. The highest BCUT2D eigenvalue weighted by molar-refractivity contribution is 6.12. The molecule has 0 saturated carbocycles. The van der Waals surface area contributed by atoms with Gasteiger partial charge in [0.2, 0.25) is 0 Å². The molecule has 312 valence electrons. The number of aryl methyl sites for hydroxylation is 1. The molecular weight excluding hydrogens is 760 g/mol. The van der Waals surface area contributed by atoms with Crippen LogP contribution in [0.5, 0.6) is 0 Å². The summed E-state index contributed by atoms with van der Waals surface area (Å²) in [5.74, 6) is 0. The number of nitriles is 1. The molecule has 0 spiro atoms. The lowest BCUT2D eigenvalue weighted by atomic mass is 9.85. The Morgan fingerprint density at radius 3 is 1.00 bits per heavy atom. The highest BCUT2D eigenvalue weighted by atomic mass is 19.4. The summed E-state index contributed by atoms with van der Waals surface area (Å²) in [5, 5.41) is 15.7. The molecule has 0 aliphatic carbocycles. The van der Waals surface area contributed by atoms with Crippen molar-refractivity contribution in [3.05, 3.63) is 142 Å². The third-order valence-electron chi connectivity index (χ3n) is 12.4. The van der Waals surface area contributed by atoms with Crippen LogP contribution in [0.15, 0.2) is 103 Å². The second kappa shape index (κ2) is 13.9. The van der Waals surface area contributed by atoms with E-state index in [1.807, 2.05) is 12.1 Å². The fraction of sp³-hybridized carbons (Fsp3) is 0.327. The van der Waals surface area contributed by atoms with E-state index in [4.69, 9.17) is 0 Å². The largest absolute Gasteiger partial charge is 0.416 e. The van der Waals surface area contributed by atoms with Crippen LogP contribution in [0.1, 0.15) is 122 Å². The standard InChI is InChI=1S/C55H56F3N3/c1-32-22-33(24-39(23-32)55(56,57)58)34-25-49(60-45-18-14-35(51(2,3)4)27-40(45)41-28-36(52(5,6)7)15-19-46(41)60)44(31-59)50(26-34)61-47-20-16-37(53(8,9)10)29-42(47)43-30-38(54(11,12)13)17-21-48(43)61/h14-30H,1-13H3. The lowest BCUT2D eigenvalue weighted by Crippen LogP contribution is -2.11. The van der Waals surface area contributed by atoms with Crippen molar-refractivity contribution in [2.45, 2.75) is 118 Å². The van der Waals surface area contributed by atoms with Crippen LogP contribution in [0.2, 0.25) is 0 Å². The zero-order chi connectivity index (χ0) is 44.4. The molecule has 0 bridgehead atoms. The molecule has 0 aliphatic heterocycles. The number of alkyl halides is 3. The zero-order valence-electron chi connectivity index (χ0n) is 37.8. The van der Waals surface area contributed by atoms with E-state index in [-0.39, 0.29) is 21.7 Å². The molecular formula is C55H56F3N3. The predicted molar refractivity (Wildman–Crippen MR) is 250 cm³/mol. The van der Waals surface area contributed by atoms with Gasteiger partial charge >= 0.3 is 6.18 Å². The molecule has 0 N–H and O–H groups in total. The summed E-state index contributed by atoms with van der Waals surface area (Å²) < 4.78 is 47.8. The Bertz CT molecular complexity index is 2800. The Kier molecular flexibility index (Phi) is 9.52. The summed E-state index contributed by atoms with van der Waals surface area (Å²) in [5.41, 5.74) is 10.4.